The van der Waals surface area contributed by atoms with Crippen LogP contribution in [-0.2, 0) is 11.0 Å². The Morgan fingerprint density at radius 1 is 1.31 bits per heavy atom. The van der Waals surface area contributed by atoms with Crippen molar-refractivity contribution in [1.82, 2.24) is 9.78 Å². The van der Waals surface area contributed by atoms with Gasteiger partial charge in [0.25, 0.3) is 0 Å². The monoisotopic (exact) mass is 387 g/mol. The van der Waals surface area contributed by atoms with Gasteiger partial charge in [-0.3, -0.25) is 4.79 Å². The van der Waals surface area contributed by atoms with Crippen molar-refractivity contribution in [2.45, 2.75) is 13.1 Å². The number of anilines is 1. The maximum atomic E-state index is 13.2. The largest absolute Gasteiger partial charge is 0.478 e. The SMILES string of the molecule is CSCC(C)C(=O)Nc1ccc(-n2ncc(C(=O)O)c2C(F)(F)F)cc1. The normalized spacial score (nSPS) is 12.7. The molecule has 2 N–H and O–H groups in total. The molecule has 0 saturated carbocycles. The highest BCUT2D eigenvalue weighted by atomic mass is 32.2. The molecule has 1 aromatic heterocycles. The second kappa shape index (κ2) is 7.81. The number of aromatic nitrogens is 2. The van der Waals surface area contributed by atoms with Crippen LogP contribution in [0.2, 0.25) is 0 Å². The summed E-state index contributed by atoms with van der Waals surface area (Å²) in [7, 11) is 0. The molecular weight excluding hydrogens is 371 g/mol. The van der Waals surface area contributed by atoms with Crippen LogP contribution in [0.4, 0.5) is 18.9 Å². The lowest BCUT2D eigenvalue weighted by molar-refractivity contribution is -0.143. The number of carboxylic acid groups (broad SMARTS) is 1. The highest BCUT2D eigenvalue weighted by molar-refractivity contribution is 7.98. The molecule has 0 spiro atoms. The van der Waals surface area contributed by atoms with E-state index >= 15 is 0 Å². The number of aromatic carboxylic acids is 1. The van der Waals surface area contributed by atoms with E-state index in [9.17, 15) is 22.8 Å². The van der Waals surface area contributed by atoms with Gasteiger partial charge in [-0.1, -0.05) is 6.92 Å². The first-order valence-electron chi connectivity index (χ1n) is 7.44. The number of hydrogen-bond donors (Lipinski definition) is 2. The Morgan fingerprint density at radius 3 is 2.42 bits per heavy atom. The number of carbonyl (C=O) groups is 2. The van der Waals surface area contributed by atoms with E-state index in [0.29, 0.717) is 22.3 Å². The minimum absolute atomic E-state index is 0.0278. The zero-order valence-electron chi connectivity index (χ0n) is 13.9. The van der Waals surface area contributed by atoms with Gasteiger partial charge in [0, 0.05) is 17.4 Å². The molecule has 0 fully saturated rings. The van der Waals surface area contributed by atoms with Crippen LogP contribution in [0, 0.1) is 5.92 Å². The van der Waals surface area contributed by atoms with Crippen LogP contribution in [0.25, 0.3) is 5.69 Å². The van der Waals surface area contributed by atoms with E-state index < -0.39 is 23.4 Å². The third-order valence-corrected chi connectivity index (χ3v) is 4.35. The van der Waals surface area contributed by atoms with Crippen molar-refractivity contribution in [3.63, 3.8) is 0 Å². The van der Waals surface area contributed by atoms with Crippen LogP contribution in [0.1, 0.15) is 23.0 Å². The molecule has 1 amide bonds. The van der Waals surface area contributed by atoms with Crippen molar-refractivity contribution in [2.75, 3.05) is 17.3 Å². The Balaban J connectivity index is 2.29. The second-order valence-corrected chi connectivity index (χ2v) is 6.42. The lowest BCUT2D eigenvalue weighted by atomic mass is 10.2. The lowest BCUT2D eigenvalue weighted by Crippen LogP contribution is -2.22. The topological polar surface area (TPSA) is 84.2 Å². The average Bonchev–Trinajstić information content (AvgIpc) is 3.01. The number of halogens is 3. The summed E-state index contributed by atoms with van der Waals surface area (Å²) < 4.78 is 40.2. The minimum Gasteiger partial charge on any atom is -0.478 e. The molecule has 10 heteroatoms. The number of rotatable bonds is 6. The fourth-order valence-electron chi connectivity index (χ4n) is 2.25. The zero-order chi connectivity index (χ0) is 19.5. The van der Waals surface area contributed by atoms with Gasteiger partial charge < -0.3 is 10.4 Å². The summed E-state index contributed by atoms with van der Waals surface area (Å²) in [5.74, 6) is -1.49. The lowest BCUT2D eigenvalue weighted by Gasteiger charge is -2.13. The summed E-state index contributed by atoms with van der Waals surface area (Å²) in [6.45, 7) is 1.77. The standard InChI is InChI=1S/C16H16F3N3O3S/c1-9(8-26-2)14(23)21-10-3-5-11(6-4-10)22-13(16(17,18)19)12(7-20-22)15(24)25/h3-7,9H,8H2,1-2H3,(H,21,23)(H,24,25). The van der Waals surface area contributed by atoms with Gasteiger partial charge in [-0.15, -0.1) is 0 Å². The number of amides is 1. The molecule has 2 aromatic rings. The van der Waals surface area contributed by atoms with Crippen LogP contribution in [0.5, 0.6) is 0 Å². The molecule has 26 heavy (non-hydrogen) atoms. The van der Waals surface area contributed by atoms with Gasteiger partial charge in [-0.05, 0) is 30.5 Å². The predicted octanol–water partition coefficient (Wildman–Crippen LogP) is 3.53. The van der Waals surface area contributed by atoms with E-state index in [2.05, 4.69) is 10.4 Å². The first-order valence-corrected chi connectivity index (χ1v) is 8.83. The Hall–Kier alpha value is -2.49. The van der Waals surface area contributed by atoms with E-state index in [1.54, 1.807) is 6.92 Å². The smallest absolute Gasteiger partial charge is 0.434 e. The second-order valence-electron chi connectivity index (χ2n) is 5.51. The Morgan fingerprint density at radius 2 is 1.92 bits per heavy atom. The number of carboxylic acids is 1. The van der Waals surface area contributed by atoms with Crippen LogP contribution in [0.15, 0.2) is 30.5 Å². The van der Waals surface area contributed by atoms with Crippen molar-refractivity contribution in [2.24, 2.45) is 5.92 Å². The van der Waals surface area contributed by atoms with Crippen molar-refractivity contribution < 1.29 is 27.9 Å². The third-order valence-electron chi connectivity index (χ3n) is 3.51. The minimum atomic E-state index is -4.88. The first-order chi connectivity index (χ1) is 12.1. The first kappa shape index (κ1) is 19.8. The Labute approximate surface area is 151 Å². The molecule has 0 radical (unpaired) electrons. The van der Waals surface area contributed by atoms with Crippen molar-refractivity contribution in [3.8, 4) is 5.69 Å². The van der Waals surface area contributed by atoms with E-state index in [1.165, 1.54) is 36.0 Å². The van der Waals surface area contributed by atoms with Crippen LogP contribution in [0.3, 0.4) is 0 Å². The summed E-state index contributed by atoms with van der Waals surface area (Å²) in [6, 6.07) is 5.51. The fraction of sp³-hybridized carbons (Fsp3) is 0.312. The number of hydrogen-bond acceptors (Lipinski definition) is 4. The van der Waals surface area contributed by atoms with E-state index in [0.717, 1.165) is 0 Å². The zero-order valence-corrected chi connectivity index (χ0v) is 14.7. The molecule has 2 rings (SSSR count). The molecular formula is C16H16F3N3O3S. The highest BCUT2D eigenvalue weighted by Gasteiger charge is 2.40. The maximum absolute atomic E-state index is 13.2. The van der Waals surface area contributed by atoms with E-state index in [-0.39, 0.29) is 17.5 Å². The highest BCUT2D eigenvalue weighted by Crippen LogP contribution is 2.33. The molecule has 1 aromatic carbocycles. The summed E-state index contributed by atoms with van der Waals surface area (Å²) in [6.07, 6.45) is -2.35. The van der Waals surface area contributed by atoms with Crippen molar-refractivity contribution in [3.05, 3.63) is 41.7 Å². The maximum Gasteiger partial charge on any atom is 0.434 e. The molecule has 0 bridgehead atoms. The predicted molar refractivity (Wildman–Crippen MR) is 91.7 cm³/mol. The number of alkyl halides is 3. The van der Waals surface area contributed by atoms with Gasteiger partial charge in [0.15, 0.2) is 5.69 Å². The summed E-state index contributed by atoms with van der Waals surface area (Å²) in [4.78, 5) is 23.0. The van der Waals surface area contributed by atoms with Gasteiger partial charge in [-0.25, -0.2) is 9.48 Å². The molecule has 1 atom stereocenters. The molecule has 0 aliphatic rings. The van der Waals surface area contributed by atoms with Gasteiger partial charge in [-0.2, -0.15) is 30.0 Å². The molecule has 0 aliphatic heterocycles. The van der Waals surface area contributed by atoms with Crippen LogP contribution >= 0.6 is 11.8 Å². The van der Waals surface area contributed by atoms with Crippen LogP contribution in [-0.4, -0.2) is 38.8 Å². The Bertz CT molecular complexity index is 803. The fourth-order valence-corrected chi connectivity index (χ4v) is 2.90. The van der Waals surface area contributed by atoms with Crippen molar-refractivity contribution >= 4 is 29.3 Å². The molecule has 0 saturated heterocycles. The molecule has 1 heterocycles. The van der Waals surface area contributed by atoms with Crippen LogP contribution < -0.4 is 5.32 Å². The van der Waals surface area contributed by atoms with E-state index in [1.807, 2.05) is 6.26 Å². The summed E-state index contributed by atoms with van der Waals surface area (Å²) >= 11 is 1.53. The van der Waals surface area contributed by atoms with Gasteiger partial charge in [0.1, 0.15) is 5.56 Å². The number of benzene rings is 1. The summed E-state index contributed by atoms with van der Waals surface area (Å²) in [5, 5.41) is 15.1. The van der Waals surface area contributed by atoms with Gasteiger partial charge in [0.2, 0.25) is 5.91 Å². The summed E-state index contributed by atoms with van der Waals surface area (Å²) in [5.41, 5.74) is -1.85. The molecule has 1 unspecified atom stereocenters. The number of nitrogens with one attached hydrogen (secondary N) is 1. The van der Waals surface area contributed by atoms with E-state index in [4.69, 9.17) is 5.11 Å². The quantitative estimate of drug-likeness (QED) is 0.792. The van der Waals surface area contributed by atoms with Gasteiger partial charge in [0.05, 0.1) is 11.9 Å². The number of carbonyl (C=O) groups excluding carboxylic acids is 1. The van der Waals surface area contributed by atoms with Crippen molar-refractivity contribution in [1.29, 1.82) is 0 Å². The third kappa shape index (κ3) is 4.37. The van der Waals surface area contributed by atoms with Gasteiger partial charge >= 0.3 is 12.1 Å². The molecule has 140 valence electrons. The Kier molecular flexibility index (Phi) is 5.96. The number of thioether (sulfide) groups is 1. The average molecular weight is 387 g/mol. The number of nitrogens with zero attached hydrogens (tertiary/aromatic N) is 2. The molecule has 6 nitrogen and oxygen atoms in total. The molecule has 0 aliphatic carbocycles.